The van der Waals surface area contributed by atoms with Crippen molar-refractivity contribution in [3.05, 3.63) is 70.7 Å². The van der Waals surface area contributed by atoms with Gasteiger partial charge in [-0.2, -0.15) is 13.2 Å². The van der Waals surface area contributed by atoms with E-state index in [2.05, 4.69) is 5.32 Å². The van der Waals surface area contributed by atoms with Crippen LogP contribution in [-0.2, 0) is 15.7 Å². The molecule has 9 heteroatoms. The fourth-order valence-corrected chi connectivity index (χ4v) is 2.87. The number of anilines is 1. The first-order valence-electron chi connectivity index (χ1n) is 8.66. The highest BCUT2D eigenvalue weighted by atomic mass is 35.5. The van der Waals surface area contributed by atoms with Gasteiger partial charge in [-0.05, 0) is 48.0 Å². The first-order valence-corrected chi connectivity index (χ1v) is 9.04. The molecule has 156 valence electrons. The molecule has 1 amide bonds. The summed E-state index contributed by atoms with van der Waals surface area (Å²) in [6.45, 7) is 1.24. The van der Waals surface area contributed by atoms with Crippen LogP contribution in [-0.4, -0.2) is 23.1 Å². The van der Waals surface area contributed by atoms with E-state index >= 15 is 0 Å². The normalized spacial score (nSPS) is 12.4. The van der Waals surface area contributed by atoms with Crippen LogP contribution in [0.1, 0.15) is 22.8 Å². The second-order valence-electron chi connectivity index (χ2n) is 6.45. The van der Waals surface area contributed by atoms with Crippen molar-refractivity contribution in [2.45, 2.75) is 19.2 Å². The molecule has 5 nitrogen and oxygen atoms in total. The van der Waals surface area contributed by atoms with E-state index in [0.29, 0.717) is 16.8 Å². The Bertz CT molecular complexity index is 1130. The highest BCUT2D eigenvalue weighted by molar-refractivity contribution is 6.33. The lowest BCUT2D eigenvalue weighted by molar-refractivity contribution is -0.137. The Morgan fingerprint density at radius 3 is 2.33 bits per heavy atom. The lowest BCUT2D eigenvalue weighted by Crippen LogP contribution is -2.30. The largest absolute Gasteiger partial charge is 0.507 e. The number of hydrogen-bond donors (Lipinski definition) is 2. The molecule has 0 radical (unpaired) electrons. The zero-order valence-electron chi connectivity index (χ0n) is 15.5. The monoisotopic (exact) mass is 437 g/mol. The molecule has 0 heterocycles. The molecular formula is C21H15ClF3NO4. The number of esters is 1. The molecule has 0 aliphatic heterocycles. The van der Waals surface area contributed by atoms with Crippen LogP contribution in [0.2, 0.25) is 5.02 Å². The number of amides is 1. The van der Waals surface area contributed by atoms with Crippen LogP contribution in [0, 0.1) is 0 Å². The number of ether oxygens (including phenoxy) is 1. The minimum absolute atomic E-state index is 0.109. The van der Waals surface area contributed by atoms with Crippen LogP contribution in [0.3, 0.4) is 0 Å². The Labute approximate surface area is 174 Å². The van der Waals surface area contributed by atoms with Crippen LogP contribution >= 0.6 is 11.6 Å². The maximum absolute atomic E-state index is 12.9. The molecule has 3 aromatic carbocycles. The van der Waals surface area contributed by atoms with Crippen LogP contribution < -0.4 is 5.32 Å². The molecule has 0 saturated heterocycles. The quantitative estimate of drug-likeness (QED) is 0.536. The highest BCUT2D eigenvalue weighted by Gasteiger charge is 2.31. The van der Waals surface area contributed by atoms with Gasteiger partial charge in [0.25, 0.3) is 5.91 Å². The highest BCUT2D eigenvalue weighted by Crippen LogP contribution is 2.34. The molecule has 2 N–H and O–H groups in total. The van der Waals surface area contributed by atoms with Crippen LogP contribution in [0.4, 0.5) is 18.9 Å². The second kappa shape index (κ2) is 8.23. The van der Waals surface area contributed by atoms with Crippen LogP contribution in [0.15, 0.2) is 54.6 Å². The van der Waals surface area contributed by atoms with Gasteiger partial charge in [-0.3, -0.25) is 4.79 Å². The van der Waals surface area contributed by atoms with Crippen molar-refractivity contribution < 1.29 is 32.6 Å². The average Bonchev–Trinajstić information content (AvgIpc) is 2.68. The number of carbonyl (C=O) groups excluding carboxylic acids is 2. The van der Waals surface area contributed by atoms with E-state index in [0.717, 1.165) is 12.1 Å². The smallest absolute Gasteiger partial charge is 0.416 e. The van der Waals surface area contributed by atoms with Gasteiger partial charge in [0.1, 0.15) is 11.3 Å². The number of nitrogens with one attached hydrogen (secondary N) is 1. The van der Waals surface area contributed by atoms with Gasteiger partial charge in [0.15, 0.2) is 6.10 Å². The number of carbonyl (C=O) groups is 2. The second-order valence-corrected chi connectivity index (χ2v) is 6.85. The molecule has 0 saturated carbocycles. The first kappa shape index (κ1) is 21.4. The Kier molecular flexibility index (Phi) is 5.89. The van der Waals surface area contributed by atoms with Crippen LogP contribution in [0.5, 0.6) is 5.75 Å². The minimum Gasteiger partial charge on any atom is -0.507 e. The third kappa shape index (κ3) is 4.65. The lowest BCUT2D eigenvalue weighted by atomic mass is 10.1. The predicted molar refractivity (Wildman–Crippen MR) is 106 cm³/mol. The van der Waals surface area contributed by atoms with E-state index in [1.165, 1.54) is 19.1 Å². The number of hydrogen-bond acceptors (Lipinski definition) is 4. The summed E-state index contributed by atoms with van der Waals surface area (Å²) in [6.07, 6.45) is -5.98. The van der Waals surface area contributed by atoms with Gasteiger partial charge in [0.2, 0.25) is 0 Å². The molecule has 0 aliphatic carbocycles. The van der Waals surface area contributed by atoms with Crippen LogP contribution in [0.25, 0.3) is 10.8 Å². The van der Waals surface area contributed by atoms with Gasteiger partial charge in [-0.25, -0.2) is 4.79 Å². The van der Waals surface area contributed by atoms with Gasteiger partial charge in [0.05, 0.1) is 16.3 Å². The van der Waals surface area contributed by atoms with Crippen molar-refractivity contribution in [3.63, 3.8) is 0 Å². The molecule has 0 aliphatic rings. The number of fused-ring (bicyclic) bond motifs is 1. The molecule has 0 aromatic heterocycles. The summed E-state index contributed by atoms with van der Waals surface area (Å²) in [7, 11) is 0. The van der Waals surface area contributed by atoms with Gasteiger partial charge in [0, 0.05) is 0 Å². The van der Waals surface area contributed by atoms with Gasteiger partial charge in [-0.1, -0.05) is 35.9 Å². The summed E-state index contributed by atoms with van der Waals surface area (Å²) in [4.78, 5) is 24.7. The molecule has 3 rings (SSSR count). The van der Waals surface area contributed by atoms with Gasteiger partial charge < -0.3 is 15.2 Å². The SMILES string of the molecule is CC(OC(=O)c1cc2ccccc2cc1O)C(=O)Nc1cc(C(F)(F)F)ccc1Cl. The molecule has 0 spiro atoms. The Morgan fingerprint density at radius 2 is 1.70 bits per heavy atom. The van der Waals surface area contributed by atoms with Gasteiger partial charge >= 0.3 is 12.1 Å². The van der Waals surface area contributed by atoms with E-state index < -0.39 is 29.7 Å². The summed E-state index contributed by atoms with van der Waals surface area (Å²) >= 11 is 5.85. The number of halogens is 4. The van der Waals surface area contributed by atoms with E-state index in [4.69, 9.17) is 16.3 Å². The zero-order chi connectivity index (χ0) is 22.1. The molecule has 0 fully saturated rings. The maximum atomic E-state index is 12.9. The van der Waals surface area contributed by atoms with Gasteiger partial charge in [-0.15, -0.1) is 0 Å². The Hall–Kier alpha value is -3.26. The third-order valence-electron chi connectivity index (χ3n) is 4.29. The summed E-state index contributed by atoms with van der Waals surface area (Å²) in [5.41, 5.74) is -1.41. The lowest BCUT2D eigenvalue weighted by Gasteiger charge is -2.16. The minimum atomic E-state index is -4.62. The standard InChI is InChI=1S/C21H15ClF3NO4/c1-11(19(28)26-17-10-14(21(23,24)25)6-7-16(17)22)30-20(29)15-8-12-4-2-3-5-13(12)9-18(15)27/h2-11,27H,1H3,(H,26,28). The average molecular weight is 438 g/mol. The van der Waals surface area contributed by atoms with Crippen molar-refractivity contribution >= 4 is 39.9 Å². The molecule has 30 heavy (non-hydrogen) atoms. The summed E-state index contributed by atoms with van der Waals surface area (Å²) < 4.78 is 43.6. The molecule has 0 bridgehead atoms. The van der Waals surface area contributed by atoms with Crippen molar-refractivity contribution in [3.8, 4) is 5.75 Å². The van der Waals surface area contributed by atoms with Crippen molar-refractivity contribution in [2.75, 3.05) is 5.32 Å². The fourth-order valence-electron chi connectivity index (χ4n) is 2.70. The molecule has 3 aromatic rings. The Balaban J connectivity index is 1.75. The molecule has 1 atom stereocenters. The number of aromatic hydroxyl groups is 1. The molecule has 1 unspecified atom stereocenters. The number of rotatable bonds is 4. The van der Waals surface area contributed by atoms with Crippen molar-refractivity contribution in [1.29, 1.82) is 0 Å². The first-order chi connectivity index (χ1) is 14.1. The summed E-state index contributed by atoms with van der Waals surface area (Å²) in [6, 6.07) is 12.3. The number of alkyl halides is 3. The molecular weight excluding hydrogens is 423 g/mol. The summed E-state index contributed by atoms with van der Waals surface area (Å²) in [5.74, 6) is -2.17. The number of benzene rings is 3. The van der Waals surface area contributed by atoms with E-state index in [9.17, 15) is 27.9 Å². The van der Waals surface area contributed by atoms with Crippen molar-refractivity contribution in [2.24, 2.45) is 0 Å². The maximum Gasteiger partial charge on any atom is 0.416 e. The van der Waals surface area contributed by atoms with E-state index in [-0.39, 0.29) is 22.0 Å². The third-order valence-corrected chi connectivity index (χ3v) is 4.62. The Morgan fingerprint density at radius 1 is 1.07 bits per heavy atom. The fraction of sp³-hybridized carbons (Fsp3) is 0.143. The zero-order valence-corrected chi connectivity index (χ0v) is 16.2. The number of phenolic OH excluding ortho intramolecular Hbond substituents is 1. The number of phenols is 1. The summed E-state index contributed by atoms with van der Waals surface area (Å²) in [5, 5.41) is 13.6. The topological polar surface area (TPSA) is 75.6 Å². The predicted octanol–water partition coefficient (Wildman–Crippen LogP) is 5.40. The van der Waals surface area contributed by atoms with E-state index in [1.807, 2.05) is 0 Å². The van der Waals surface area contributed by atoms with Crippen molar-refractivity contribution in [1.82, 2.24) is 0 Å². The van der Waals surface area contributed by atoms with E-state index in [1.54, 1.807) is 24.3 Å².